The second-order valence-electron chi connectivity index (χ2n) is 7.22. The van der Waals surface area contributed by atoms with Gasteiger partial charge in [-0.3, -0.25) is 4.79 Å². The van der Waals surface area contributed by atoms with E-state index in [2.05, 4.69) is 18.2 Å². The highest BCUT2D eigenvalue weighted by Crippen LogP contribution is 2.34. The monoisotopic (exact) mass is 415 g/mol. The maximum absolute atomic E-state index is 11.9. The van der Waals surface area contributed by atoms with E-state index in [1.165, 1.54) is 0 Å². The van der Waals surface area contributed by atoms with Gasteiger partial charge in [0, 0.05) is 23.1 Å². The third-order valence-corrected chi connectivity index (χ3v) is 5.15. The van der Waals surface area contributed by atoms with E-state index in [1.807, 2.05) is 48.5 Å². The number of para-hydroxylation sites is 1. The van der Waals surface area contributed by atoms with Crippen LogP contribution in [-0.4, -0.2) is 12.6 Å². The van der Waals surface area contributed by atoms with E-state index in [0.29, 0.717) is 25.5 Å². The number of hydrogen-bond donors (Lipinski definition) is 1. The van der Waals surface area contributed by atoms with Gasteiger partial charge in [-0.15, -0.1) is 0 Å². The first-order valence-electron chi connectivity index (χ1n) is 10.3. The highest BCUT2D eigenvalue weighted by Gasteiger charge is 2.15. The summed E-state index contributed by atoms with van der Waals surface area (Å²) in [6, 6.07) is 21.7. The predicted octanol–water partition coefficient (Wildman–Crippen LogP) is 5.24. The number of esters is 1. The maximum atomic E-state index is 11.9. The van der Waals surface area contributed by atoms with Gasteiger partial charge in [-0.2, -0.15) is 0 Å². The molecule has 0 amide bonds. The van der Waals surface area contributed by atoms with E-state index in [-0.39, 0.29) is 12.4 Å². The Bertz CT molecular complexity index is 1190. The number of furan rings is 1. The van der Waals surface area contributed by atoms with Crippen molar-refractivity contribution in [3.63, 3.8) is 0 Å². The number of fused-ring (bicyclic) bond motifs is 1. The fraction of sp³-hybridized carbons (Fsp3) is 0.192. The van der Waals surface area contributed by atoms with Crippen LogP contribution in [0.3, 0.4) is 0 Å². The molecule has 4 rings (SSSR count). The molecule has 2 N–H and O–H groups in total. The first-order valence-corrected chi connectivity index (χ1v) is 10.3. The van der Waals surface area contributed by atoms with E-state index in [4.69, 9.17) is 19.6 Å². The summed E-state index contributed by atoms with van der Waals surface area (Å²) in [5.41, 5.74) is 11.6. The zero-order chi connectivity index (χ0) is 21.6. The first kappa shape index (κ1) is 20.7. The Morgan fingerprint density at radius 2 is 1.84 bits per heavy atom. The van der Waals surface area contributed by atoms with Gasteiger partial charge in [0.1, 0.15) is 17.9 Å². The van der Waals surface area contributed by atoms with Gasteiger partial charge in [-0.25, -0.2) is 0 Å². The molecule has 5 heteroatoms. The minimum Gasteiger partial charge on any atom is -0.488 e. The van der Waals surface area contributed by atoms with E-state index >= 15 is 0 Å². The zero-order valence-corrected chi connectivity index (χ0v) is 17.5. The normalized spacial score (nSPS) is 10.9. The summed E-state index contributed by atoms with van der Waals surface area (Å²) in [6.07, 6.45) is 1.90. The molecule has 0 atom stereocenters. The SMILES string of the molecule is CCOC(=O)Cc1ccccc1OCc1coc2cccc(-c3cccc(CN)c3)c12. The van der Waals surface area contributed by atoms with Crippen molar-refractivity contribution in [2.24, 2.45) is 5.73 Å². The van der Waals surface area contributed by atoms with Crippen molar-refractivity contribution in [1.82, 2.24) is 0 Å². The Balaban J connectivity index is 1.63. The predicted molar refractivity (Wildman–Crippen MR) is 121 cm³/mol. The van der Waals surface area contributed by atoms with Crippen LogP contribution in [0.2, 0.25) is 0 Å². The van der Waals surface area contributed by atoms with Gasteiger partial charge in [0.25, 0.3) is 0 Å². The van der Waals surface area contributed by atoms with E-state index in [1.54, 1.807) is 13.2 Å². The second kappa shape index (κ2) is 9.49. The summed E-state index contributed by atoms with van der Waals surface area (Å²) in [5.74, 6) is 0.391. The highest BCUT2D eigenvalue weighted by atomic mass is 16.5. The third-order valence-electron chi connectivity index (χ3n) is 5.15. The lowest BCUT2D eigenvalue weighted by Crippen LogP contribution is -2.09. The summed E-state index contributed by atoms with van der Waals surface area (Å²) < 4.78 is 17.0. The average Bonchev–Trinajstić information content (AvgIpc) is 3.22. The van der Waals surface area contributed by atoms with Gasteiger partial charge in [-0.05, 0) is 41.8 Å². The van der Waals surface area contributed by atoms with Gasteiger partial charge in [0.15, 0.2) is 0 Å². The molecule has 0 saturated heterocycles. The number of hydrogen-bond acceptors (Lipinski definition) is 5. The molecule has 4 aromatic rings. The Morgan fingerprint density at radius 3 is 2.68 bits per heavy atom. The van der Waals surface area contributed by atoms with Crippen LogP contribution in [0.5, 0.6) is 5.75 Å². The Morgan fingerprint density at radius 1 is 1.00 bits per heavy atom. The summed E-state index contributed by atoms with van der Waals surface area (Å²) in [6.45, 7) is 2.96. The molecule has 158 valence electrons. The minimum absolute atomic E-state index is 0.174. The average molecular weight is 415 g/mol. The van der Waals surface area contributed by atoms with E-state index in [9.17, 15) is 4.79 Å². The molecule has 0 unspecified atom stereocenters. The van der Waals surface area contributed by atoms with E-state index in [0.717, 1.165) is 38.8 Å². The second-order valence-corrected chi connectivity index (χ2v) is 7.22. The molecule has 0 aliphatic heterocycles. The molecular weight excluding hydrogens is 390 g/mol. The van der Waals surface area contributed by atoms with Crippen molar-refractivity contribution in [3.8, 4) is 16.9 Å². The number of carbonyl (C=O) groups excluding carboxylic acids is 1. The lowest BCUT2D eigenvalue weighted by Gasteiger charge is -2.12. The molecule has 0 aliphatic carbocycles. The summed E-state index contributed by atoms with van der Waals surface area (Å²) in [5, 5.41) is 1.01. The van der Waals surface area contributed by atoms with Crippen molar-refractivity contribution in [2.75, 3.05) is 6.61 Å². The quantitative estimate of drug-likeness (QED) is 0.398. The molecule has 1 heterocycles. The first-order chi connectivity index (χ1) is 15.2. The molecule has 0 saturated carbocycles. The van der Waals surface area contributed by atoms with Crippen LogP contribution in [0.25, 0.3) is 22.1 Å². The number of rotatable bonds is 8. The number of nitrogens with two attached hydrogens (primary N) is 1. The van der Waals surface area contributed by atoms with Crippen LogP contribution < -0.4 is 10.5 Å². The minimum atomic E-state index is -0.269. The van der Waals surface area contributed by atoms with Crippen molar-refractivity contribution in [2.45, 2.75) is 26.5 Å². The Labute approximate surface area is 181 Å². The third kappa shape index (κ3) is 4.62. The topological polar surface area (TPSA) is 74.7 Å². The van der Waals surface area contributed by atoms with Crippen molar-refractivity contribution >= 4 is 16.9 Å². The van der Waals surface area contributed by atoms with Crippen LogP contribution in [-0.2, 0) is 29.1 Å². The number of benzene rings is 3. The van der Waals surface area contributed by atoms with Gasteiger partial charge in [0.05, 0.1) is 19.3 Å². The standard InChI is InChI=1S/C26H25NO4/c1-2-29-25(28)14-20-8-3-4-11-23(20)30-16-21-17-31-24-12-6-10-22(26(21)24)19-9-5-7-18(13-19)15-27/h3-13,17H,2,14-16,27H2,1H3. The Hall–Kier alpha value is -3.57. The maximum Gasteiger partial charge on any atom is 0.310 e. The fourth-order valence-corrected chi connectivity index (χ4v) is 3.68. The van der Waals surface area contributed by atoms with Gasteiger partial charge < -0.3 is 19.6 Å². The Kier molecular flexibility index (Phi) is 6.34. The van der Waals surface area contributed by atoms with Crippen LogP contribution in [0, 0.1) is 0 Å². The summed E-state index contributed by atoms with van der Waals surface area (Å²) in [7, 11) is 0. The number of ether oxygens (including phenoxy) is 2. The number of carbonyl (C=O) groups is 1. The molecule has 1 aromatic heterocycles. The molecule has 0 aliphatic rings. The van der Waals surface area contributed by atoms with Gasteiger partial charge in [0.2, 0.25) is 0 Å². The van der Waals surface area contributed by atoms with Crippen LogP contribution in [0.4, 0.5) is 0 Å². The largest absolute Gasteiger partial charge is 0.488 e. The van der Waals surface area contributed by atoms with Crippen LogP contribution in [0.1, 0.15) is 23.6 Å². The molecule has 0 bridgehead atoms. The van der Waals surface area contributed by atoms with Crippen LogP contribution >= 0.6 is 0 Å². The lowest BCUT2D eigenvalue weighted by molar-refractivity contribution is -0.142. The molecule has 5 nitrogen and oxygen atoms in total. The smallest absolute Gasteiger partial charge is 0.310 e. The zero-order valence-electron chi connectivity index (χ0n) is 17.5. The fourth-order valence-electron chi connectivity index (χ4n) is 3.68. The summed E-state index contributed by atoms with van der Waals surface area (Å²) >= 11 is 0. The van der Waals surface area contributed by atoms with Crippen molar-refractivity contribution in [1.29, 1.82) is 0 Å². The lowest BCUT2D eigenvalue weighted by atomic mass is 9.98. The molecule has 31 heavy (non-hydrogen) atoms. The van der Waals surface area contributed by atoms with Crippen molar-refractivity contribution < 1.29 is 18.7 Å². The highest BCUT2D eigenvalue weighted by molar-refractivity contribution is 5.96. The molecule has 3 aromatic carbocycles. The molecular formula is C26H25NO4. The van der Waals surface area contributed by atoms with E-state index < -0.39 is 0 Å². The van der Waals surface area contributed by atoms with Gasteiger partial charge in [-0.1, -0.05) is 48.5 Å². The van der Waals surface area contributed by atoms with Crippen molar-refractivity contribution in [3.05, 3.63) is 89.7 Å². The molecule has 0 radical (unpaired) electrons. The van der Waals surface area contributed by atoms with Gasteiger partial charge >= 0.3 is 5.97 Å². The van der Waals surface area contributed by atoms with Crippen LogP contribution in [0.15, 0.2) is 77.4 Å². The molecule has 0 spiro atoms. The molecule has 0 fully saturated rings. The summed E-state index contributed by atoms with van der Waals surface area (Å²) in [4.78, 5) is 11.9.